The summed E-state index contributed by atoms with van der Waals surface area (Å²) in [6.07, 6.45) is 5.00. The van der Waals surface area contributed by atoms with Gasteiger partial charge in [-0.25, -0.2) is 15.0 Å². The number of nitrogens with zero attached hydrogens (tertiary/aromatic N) is 4. The maximum absolute atomic E-state index is 13.3. The van der Waals surface area contributed by atoms with Gasteiger partial charge < -0.3 is 29.2 Å². The smallest absolute Gasteiger partial charge is 0.363 e. The lowest BCUT2D eigenvalue weighted by molar-refractivity contribution is -0.0326. The average Bonchev–Trinajstić information content (AvgIpc) is 3.05. The minimum Gasteiger partial charge on any atom is -0.394 e. The normalized spacial score (nSPS) is 23.2. The van der Waals surface area contributed by atoms with Crippen LogP contribution in [0.5, 0.6) is 0 Å². The van der Waals surface area contributed by atoms with Crippen LogP contribution in [0.3, 0.4) is 0 Å². The predicted molar refractivity (Wildman–Crippen MR) is 104 cm³/mol. The summed E-state index contributed by atoms with van der Waals surface area (Å²) in [5.74, 6) is -0.664. The summed E-state index contributed by atoms with van der Waals surface area (Å²) in [4.78, 5) is 12.4. The Morgan fingerprint density at radius 3 is 2.50 bits per heavy atom. The van der Waals surface area contributed by atoms with Crippen LogP contribution in [0.1, 0.15) is 33.7 Å². The third-order valence-corrected chi connectivity index (χ3v) is 6.43. The van der Waals surface area contributed by atoms with E-state index >= 15 is 0 Å². The molecule has 10 nitrogen and oxygen atoms in total. The fourth-order valence-electron chi connectivity index (χ4n) is 3.06. The summed E-state index contributed by atoms with van der Waals surface area (Å²) >= 11 is 0. The molecular formula is C17H26N5O5P. The molecule has 0 saturated heterocycles. The topological polar surface area (TPSA) is 135 Å². The number of hydrogen-bond acceptors (Lipinski definition) is 9. The Kier molecular flexibility index (Phi) is 6.16. The zero-order chi connectivity index (χ0) is 20.5. The molecule has 0 aliphatic carbocycles. The maximum atomic E-state index is 13.3. The second-order valence-corrected chi connectivity index (χ2v) is 9.06. The van der Waals surface area contributed by atoms with Crippen molar-refractivity contribution in [3.63, 3.8) is 0 Å². The Morgan fingerprint density at radius 2 is 1.89 bits per heavy atom. The van der Waals surface area contributed by atoms with E-state index in [0.717, 1.165) is 0 Å². The number of hydrogen-bond donors (Lipinski definition) is 2. The van der Waals surface area contributed by atoms with Gasteiger partial charge in [0, 0.05) is 0 Å². The van der Waals surface area contributed by atoms with Gasteiger partial charge >= 0.3 is 7.60 Å². The molecule has 3 N–H and O–H groups in total. The molecule has 28 heavy (non-hydrogen) atoms. The summed E-state index contributed by atoms with van der Waals surface area (Å²) in [7, 11) is -3.61. The van der Waals surface area contributed by atoms with E-state index in [9.17, 15) is 9.67 Å². The molecule has 2 aromatic rings. The molecule has 1 aliphatic heterocycles. The van der Waals surface area contributed by atoms with Crippen LogP contribution in [0.25, 0.3) is 11.2 Å². The molecule has 1 aliphatic rings. The van der Waals surface area contributed by atoms with Crippen LogP contribution >= 0.6 is 7.60 Å². The van der Waals surface area contributed by atoms with Crippen LogP contribution in [0.4, 0.5) is 5.82 Å². The number of aliphatic hydroxyl groups excluding tert-OH is 1. The van der Waals surface area contributed by atoms with Crippen molar-refractivity contribution in [2.45, 2.75) is 57.9 Å². The zero-order valence-corrected chi connectivity index (χ0v) is 17.2. The zero-order valence-electron chi connectivity index (χ0n) is 16.3. The second kappa shape index (κ2) is 8.26. The van der Waals surface area contributed by atoms with Gasteiger partial charge in [-0.2, -0.15) is 0 Å². The summed E-state index contributed by atoms with van der Waals surface area (Å²) in [6.45, 7) is 6.79. The van der Waals surface area contributed by atoms with Crippen LogP contribution < -0.4 is 5.73 Å². The van der Waals surface area contributed by atoms with E-state index < -0.39 is 25.6 Å². The number of aliphatic hydroxyl groups is 1. The fraction of sp³-hybridized carbons (Fsp3) is 0.588. The number of aromatic nitrogens is 4. The van der Waals surface area contributed by atoms with Crippen molar-refractivity contribution >= 4 is 24.6 Å². The number of fused-ring (bicyclic) bond motifs is 1. The summed E-state index contributed by atoms with van der Waals surface area (Å²) in [5.41, 5.74) is 6.82. The molecule has 0 fully saturated rings. The van der Waals surface area contributed by atoms with Gasteiger partial charge in [0.25, 0.3) is 0 Å². The summed E-state index contributed by atoms with van der Waals surface area (Å²) in [5, 5.41) is 9.91. The van der Waals surface area contributed by atoms with E-state index in [4.69, 9.17) is 19.5 Å². The third-order valence-electron chi connectivity index (χ3n) is 4.08. The molecule has 154 valence electrons. The minimum atomic E-state index is -3.61. The van der Waals surface area contributed by atoms with Crippen molar-refractivity contribution in [1.82, 2.24) is 19.5 Å². The van der Waals surface area contributed by atoms with Gasteiger partial charge in [-0.05, 0) is 33.8 Å². The number of nitrogens with two attached hydrogens (primary N) is 1. The van der Waals surface area contributed by atoms with E-state index in [-0.39, 0.29) is 24.6 Å². The van der Waals surface area contributed by atoms with Crippen molar-refractivity contribution in [3.8, 4) is 0 Å². The second-order valence-electron chi connectivity index (χ2n) is 7.05. The molecular weight excluding hydrogens is 385 g/mol. The Balaban J connectivity index is 1.95. The van der Waals surface area contributed by atoms with Gasteiger partial charge in [-0.15, -0.1) is 0 Å². The molecule has 0 radical (unpaired) electrons. The Hall–Kier alpha value is -1.84. The maximum Gasteiger partial charge on any atom is 0.363 e. The molecule has 0 spiro atoms. The first-order valence-electron chi connectivity index (χ1n) is 9.09. The molecule has 0 bridgehead atoms. The standard InChI is InChI=1S/C17H26N5O5P/c1-10(2)26-28(24,27-11(3)4)14-6-5-12(13(7-23)25-14)22-9-21-15-16(18)19-8-20-17(15)22/h5-6,8-14,23H,7H2,1-4H3,(H2,18,19,20)/t12-,13-,14+/m1/s1. The number of anilines is 1. The van der Waals surface area contributed by atoms with Crippen molar-refractivity contribution in [2.24, 2.45) is 0 Å². The first-order valence-corrected chi connectivity index (χ1v) is 10.7. The first kappa shape index (κ1) is 20.9. The highest BCUT2D eigenvalue weighted by molar-refractivity contribution is 7.54. The van der Waals surface area contributed by atoms with Crippen molar-refractivity contribution in [1.29, 1.82) is 0 Å². The Morgan fingerprint density at radius 1 is 1.21 bits per heavy atom. The van der Waals surface area contributed by atoms with Crippen LogP contribution in [0.15, 0.2) is 24.8 Å². The molecule has 0 amide bonds. The van der Waals surface area contributed by atoms with Crippen LogP contribution in [0, 0.1) is 0 Å². The van der Waals surface area contributed by atoms with E-state index in [1.54, 1.807) is 50.7 Å². The quantitative estimate of drug-likeness (QED) is 0.519. The Labute approximate surface area is 163 Å². The number of ether oxygens (including phenoxy) is 1. The molecule has 0 saturated carbocycles. The lowest BCUT2D eigenvalue weighted by Gasteiger charge is -2.35. The van der Waals surface area contributed by atoms with Gasteiger partial charge in [0.05, 0.1) is 31.2 Å². The molecule has 11 heteroatoms. The van der Waals surface area contributed by atoms with Crippen molar-refractivity contribution < 1.29 is 23.5 Å². The van der Waals surface area contributed by atoms with E-state index in [0.29, 0.717) is 11.2 Å². The highest BCUT2D eigenvalue weighted by Gasteiger charge is 2.42. The van der Waals surface area contributed by atoms with Gasteiger partial charge in [0.2, 0.25) is 0 Å². The Bertz CT molecular complexity index is 885. The summed E-state index contributed by atoms with van der Waals surface area (Å²) < 4.78 is 32.2. The first-order chi connectivity index (χ1) is 13.2. The lowest BCUT2D eigenvalue weighted by Crippen LogP contribution is -2.36. The molecule has 0 aromatic carbocycles. The lowest BCUT2D eigenvalue weighted by atomic mass is 10.1. The van der Waals surface area contributed by atoms with Crippen LogP contribution in [-0.2, 0) is 18.3 Å². The van der Waals surface area contributed by atoms with Gasteiger partial charge in [0.15, 0.2) is 17.3 Å². The molecule has 0 unspecified atom stereocenters. The molecule has 3 heterocycles. The van der Waals surface area contributed by atoms with Crippen molar-refractivity contribution in [2.75, 3.05) is 12.3 Å². The fourth-order valence-corrected chi connectivity index (χ4v) is 5.14. The number of rotatable bonds is 7. The van der Waals surface area contributed by atoms with Gasteiger partial charge in [0.1, 0.15) is 17.9 Å². The van der Waals surface area contributed by atoms with Crippen LogP contribution in [0.2, 0.25) is 0 Å². The average molecular weight is 411 g/mol. The monoisotopic (exact) mass is 411 g/mol. The SMILES string of the molecule is CC(C)OP(=O)(OC(C)C)[C@H]1C=C[C@@H](n2cnc3c(N)ncnc32)[C@@H](CO)O1. The molecule has 3 atom stereocenters. The predicted octanol–water partition coefficient (Wildman–Crippen LogP) is 2.27. The van der Waals surface area contributed by atoms with Gasteiger partial charge in [-0.3, -0.25) is 4.57 Å². The number of imidazole rings is 1. The highest BCUT2D eigenvalue weighted by Crippen LogP contribution is 2.57. The van der Waals surface area contributed by atoms with Crippen molar-refractivity contribution in [3.05, 3.63) is 24.8 Å². The van der Waals surface area contributed by atoms with E-state index in [1.807, 2.05) is 0 Å². The summed E-state index contributed by atoms with van der Waals surface area (Å²) in [6, 6.07) is -0.424. The van der Waals surface area contributed by atoms with E-state index in [1.165, 1.54) is 6.33 Å². The van der Waals surface area contributed by atoms with E-state index in [2.05, 4.69) is 15.0 Å². The van der Waals surface area contributed by atoms with Crippen LogP contribution in [-0.4, -0.2) is 55.4 Å². The molecule has 2 aromatic heterocycles. The highest BCUT2D eigenvalue weighted by atomic mass is 31.2. The molecule has 3 rings (SSSR count). The van der Waals surface area contributed by atoms with Gasteiger partial charge in [-0.1, -0.05) is 6.08 Å². The minimum absolute atomic E-state index is 0.267. The number of nitrogen functional groups attached to an aromatic ring is 1. The third kappa shape index (κ3) is 4.11. The largest absolute Gasteiger partial charge is 0.394 e.